The molecule has 0 saturated carbocycles. The van der Waals surface area contributed by atoms with E-state index in [0.29, 0.717) is 28.8 Å². The second-order valence-corrected chi connectivity index (χ2v) is 10.5. The molecule has 0 bridgehead atoms. The molecule has 40 heavy (non-hydrogen) atoms. The highest BCUT2D eigenvalue weighted by atomic mass is 35.5. The van der Waals surface area contributed by atoms with Gasteiger partial charge in [-0.3, -0.25) is 14.2 Å². The molecular weight excluding hydrogens is 571 g/mol. The van der Waals surface area contributed by atoms with Gasteiger partial charge in [0.1, 0.15) is 28.7 Å². The minimum atomic E-state index is -4.77. The number of carbonyl (C=O) groups excluding carboxylic acids is 1. The minimum Gasteiger partial charge on any atom is -0.383 e. The van der Waals surface area contributed by atoms with Crippen LogP contribution in [0.5, 0.6) is 0 Å². The smallest absolute Gasteiger partial charge is 0.265 e. The molecule has 0 aliphatic carbocycles. The molecule has 0 radical (unpaired) electrons. The number of hydrogen-bond acceptors (Lipinski definition) is 7. The number of sulfonamides is 1. The van der Waals surface area contributed by atoms with Gasteiger partial charge in [-0.2, -0.15) is 5.10 Å². The highest BCUT2D eigenvalue weighted by Gasteiger charge is 2.25. The number of anilines is 3. The lowest BCUT2D eigenvalue weighted by Crippen LogP contribution is -2.18. The van der Waals surface area contributed by atoms with Crippen LogP contribution in [-0.2, 0) is 17.1 Å². The number of aromatic nitrogens is 4. The van der Waals surface area contributed by atoms with Crippen molar-refractivity contribution in [3.8, 4) is 11.3 Å². The predicted octanol–water partition coefficient (Wildman–Crippen LogP) is 4.74. The quantitative estimate of drug-likeness (QED) is 0.260. The van der Waals surface area contributed by atoms with Crippen molar-refractivity contribution >= 4 is 55.6 Å². The van der Waals surface area contributed by atoms with Crippen molar-refractivity contribution in [2.24, 2.45) is 7.05 Å². The molecule has 2 heterocycles. The van der Waals surface area contributed by atoms with E-state index in [9.17, 15) is 22.0 Å². The lowest BCUT2D eigenvalue weighted by atomic mass is 10.0. The van der Waals surface area contributed by atoms with Crippen LogP contribution >= 0.6 is 11.6 Å². The summed E-state index contributed by atoms with van der Waals surface area (Å²) in [5.41, 5.74) is 5.88. The molecule has 5 rings (SSSR count). The summed E-state index contributed by atoms with van der Waals surface area (Å²) in [4.78, 5) is 20.5. The number of halogens is 4. The van der Waals surface area contributed by atoms with Crippen molar-refractivity contribution in [1.82, 2.24) is 19.7 Å². The number of carbonyl (C=O) groups is 1. The van der Waals surface area contributed by atoms with Crippen LogP contribution in [0.1, 0.15) is 10.4 Å². The number of nitrogens with two attached hydrogens (primary N) is 1. The van der Waals surface area contributed by atoms with E-state index in [0.717, 1.165) is 24.5 Å². The molecule has 0 saturated heterocycles. The Labute approximate surface area is 229 Å². The van der Waals surface area contributed by atoms with Crippen molar-refractivity contribution in [3.63, 3.8) is 0 Å². The SMILES string of the molecule is Cn1ccc(-c2cc(C(=O)Nc3c(Cl)ccc(NS(=O)(=O)c4cc(F)ccc4F)c3F)c3ncnc(N)c3c2)n1. The van der Waals surface area contributed by atoms with Gasteiger partial charge < -0.3 is 11.1 Å². The maximum Gasteiger partial charge on any atom is 0.265 e. The number of nitrogens with one attached hydrogen (secondary N) is 2. The van der Waals surface area contributed by atoms with Crippen LogP contribution in [0.2, 0.25) is 5.02 Å². The molecular formula is C25H17ClF3N7O3S. The number of nitrogens with zero attached hydrogens (tertiary/aromatic N) is 4. The van der Waals surface area contributed by atoms with Crippen LogP contribution in [0, 0.1) is 17.5 Å². The van der Waals surface area contributed by atoms with Gasteiger partial charge in [0.25, 0.3) is 15.9 Å². The molecule has 0 fully saturated rings. The largest absolute Gasteiger partial charge is 0.383 e. The molecule has 0 aliphatic heterocycles. The summed E-state index contributed by atoms with van der Waals surface area (Å²) in [7, 11) is -3.06. The van der Waals surface area contributed by atoms with Crippen molar-refractivity contribution in [1.29, 1.82) is 0 Å². The maximum atomic E-state index is 15.5. The number of fused-ring (bicyclic) bond motifs is 1. The Morgan fingerprint density at radius 1 is 1.05 bits per heavy atom. The second kappa shape index (κ2) is 10.1. The zero-order chi connectivity index (χ0) is 28.8. The molecule has 0 spiro atoms. The predicted molar refractivity (Wildman–Crippen MR) is 143 cm³/mol. The number of amides is 1. The number of aryl methyl sites for hydroxylation is 1. The van der Waals surface area contributed by atoms with Crippen LogP contribution in [-0.4, -0.2) is 34.1 Å². The first kappa shape index (κ1) is 26.9. The third-order valence-electron chi connectivity index (χ3n) is 5.78. The average molecular weight is 588 g/mol. The first-order valence-corrected chi connectivity index (χ1v) is 13.1. The van der Waals surface area contributed by atoms with Gasteiger partial charge in [-0.25, -0.2) is 31.6 Å². The van der Waals surface area contributed by atoms with Crippen LogP contribution < -0.4 is 15.8 Å². The molecule has 5 aromatic rings. The number of hydrogen-bond donors (Lipinski definition) is 3. The maximum absolute atomic E-state index is 15.5. The van der Waals surface area contributed by atoms with E-state index in [4.69, 9.17) is 17.3 Å². The molecule has 4 N–H and O–H groups in total. The van der Waals surface area contributed by atoms with Crippen molar-refractivity contribution in [2.45, 2.75) is 4.90 Å². The van der Waals surface area contributed by atoms with Gasteiger partial charge in [0.15, 0.2) is 5.82 Å². The van der Waals surface area contributed by atoms with E-state index in [1.807, 2.05) is 4.72 Å². The lowest BCUT2D eigenvalue weighted by Gasteiger charge is -2.15. The van der Waals surface area contributed by atoms with Crippen molar-refractivity contribution in [3.05, 3.63) is 89.1 Å². The summed E-state index contributed by atoms with van der Waals surface area (Å²) in [6.45, 7) is 0. The van der Waals surface area contributed by atoms with Crippen LogP contribution in [0.25, 0.3) is 22.2 Å². The number of rotatable bonds is 6. The Morgan fingerprint density at radius 2 is 1.82 bits per heavy atom. The monoisotopic (exact) mass is 587 g/mol. The molecule has 0 unspecified atom stereocenters. The summed E-state index contributed by atoms with van der Waals surface area (Å²) < 4.78 is 72.0. The third kappa shape index (κ3) is 5.01. The van der Waals surface area contributed by atoms with E-state index in [2.05, 4.69) is 20.4 Å². The molecule has 1 amide bonds. The minimum absolute atomic E-state index is 0.0319. The summed E-state index contributed by atoms with van der Waals surface area (Å²) in [6.07, 6.45) is 2.85. The van der Waals surface area contributed by atoms with E-state index in [1.165, 1.54) is 6.07 Å². The van der Waals surface area contributed by atoms with Gasteiger partial charge in [0, 0.05) is 24.2 Å². The highest BCUT2D eigenvalue weighted by molar-refractivity contribution is 7.92. The molecule has 204 valence electrons. The van der Waals surface area contributed by atoms with Gasteiger partial charge in [-0.1, -0.05) is 11.6 Å². The van der Waals surface area contributed by atoms with Crippen molar-refractivity contribution < 1.29 is 26.4 Å². The Kier molecular flexibility index (Phi) is 6.81. The summed E-state index contributed by atoms with van der Waals surface area (Å²) in [5, 5.41) is 6.72. The van der Waals surface area contributed by atoms with E-state index < -0.39 is 49.7 Å². The number of benzene rings is 3. The Morgan fingerprint density at radius 3 is 2.55 bits per heavy atom. The van der Waals surface area contributed by atoms with Gasteiger partial charge in [-0.15, -0.1) is 0 Å². The first-order valence-electron chi connectivity index (χ1n) is 11.3. The fourth-order valence-corrected chi connectivity index (χ4v) is 5.23. The summed E-state index contributed by atoms with van der Waals surface area (Å²) in [5.74, 6) is -4.32. The van der Waals surface area contributed by atoms with Gasteiger partial charge in [-0.05, 0) is 48.5 Å². The molecule has 15 heteroatoms. The third-order valence-corrected chi connectivity index (χ3v) is 7.48. The summed E-state index contributed by atoms with van der Waals surface area (Å²) in [6, 6.07) is 8.70. The topological polar surface area (TPSA) is 145 Å². The number of nitrogen functional groups attached to an aromatic ring is 1. The van der Waals surface area contributed by atoms with Crippen LogP contribution in [0.15, 0.2) is 66.0 Å². The first-order chi connectivity index (χ1) is 18.9. The van der Waals surface area contributed by atoms with Crippen molar-refractivity contribution in [2.75, 3.05) is 15.8 Å². The highest BCUT2D eigenvalue weighted by Crippen LogP contribution is 2.34. The fourth-order valence-electron chi connectivity index (χ4n) is 3.89. The lowest BCUT2D eigenvalue weighted by molar-refractivity contribution is 0.102. The molecule has 10 nitrogen and oxygen atoms in total. The normalized spacial score (nSPS) is 11.5. The zero-order valence-electron chi connectivity index (χ0n) is 20.3. The van der Waals surface area contributed by atoms with Crippen LogP contribution in [0.3, 0.4) is 0 Å². The second-order valence-electron chi connectivity index (χ2n) is 8.47. The van der Waals surface area contributed by atoms with Crippen LogP contribution in [0.4, 0.5) is 30.4 Å². The zero-order valence-corrected chi connectivity index (χ0v) is 21.9. The Hall–Kier alpha value is -4.69. The summed E-state index contributed by atoms with van der Waals surface area (Å²) >= 11 is 6.14. The fraction of sp³-hybridized carbons (Fsp3) is 0.0400. The van der Waals surface area contributed by atoms with Gasteiger partial charge in [0.2, 0.25) is 0 Å². The standard InChI is InChI=1S/C25H17ClF3N7O3S/c1-36-7-6-18(34-36)12-8-14-22(31-11-32-24(14)30)15(9-12)25(37)33-23-16(26)3-5-19(21(23)29)35-40(38,39)20-10-13(27)2-4-17(20)28/h2-11,35H,1H3,(H,33,37)(H2,30,31,32). The molecule has 3 aromatic carbocycles. The van der Waals surface area contributed by atoms with Gasteiger partial charge in [0.05, 0.1) is 33.2 Å². The molecule has 2 aromatic heterocycles. The molecule has 0 aliphatic rings. The van der Waals surface area contributed by atoms with E-state index >= 15 is 4.39 Å². The van der Waals surface area contributed by atoms with E-state index in [1.54, 1.807) is 30.1 Å². The van der Waals surface area contributed by atoms with Gasteiger partial charge >= 0.3 is 0 Å². The molecule has 0 atom stereocenters. The average Bonchev–Trinajstić information content (AvgIpc) is 3.35. The van der Waals surface area contributed by atoms with E-state index in [-0.39, 0.29) is 21.9 Å². The Bertz CT molecular complexity index is 1930. The Balaban J connectivity index is 1.54.